The van der Waals surface area contributed by atoms with Gasteiger partial charge in [0.1, 0.15) is 5.69 Å². The van der Waals surface area contributed by atoms with Crippen LogP contribution >= 0.6 is 0 Å². The minimum atomic E-state index is -0.367. The van der Waals surface area contributed by atoms with Crippen LogP contribution in [0.5, 0.6) is 11.5 Å². The molecule has 1 heterocycles. The third-order valence-electron chi connectivity index (χ3n) is 0.966. The fourth-order valence-electron chi connectivity index (χ4n) is 0.493. The molecule has 1 rings (SSSR count). The van der Waals surface area contributed by atoms with Gasteiger partial charge in [-0.05, 0) is 0 Å². The van der Waals surface area contributed by atoms with E-state index in [4.69, 9.17) is 10.2 Å². The maximum absolute atomic E-state index is 9.89. The first-order chi connectivity index (χ1) is 4.74. The molecule has 1 aromatic heterocycles. The second-order valence-corrected chi connectivity index (χ2v) is 1.66. The highest BCUT2D eigenvalue weighted by atomic mass is 16.3. The van der Waals surface area contributed by atoms with Crippen LogP contribution in [0.25, 0.3) is 0 Å². The van der Waals surface area contributed by atoms with Crippen molar-refractivity contribution < 1.29 is 15.0 Å². The quantitative estimate of drug-likeness (QED) is 0.570. The summed E-state index contributed by atoms with van der Waals surface area (Å²) in [7, 11) is 0. The van der Waals surface area contributed by atoms with Crippen molar-refractivity contribution in [1.82, 2.24) is 4.98 Å². The van der Waals surface area contributed by atoms with E-state index in [9.17, 15) is 4.79 Å². The number of hydrogen-bond acceptors (Lipinski definition) is 4. The van der Waals surface area contributed by atoms with Crippen LogP contribution in [0.15, 0.2) is 12.3 Å². The summed E-state index contributed by atoms with van der Waals surface area (Å²) in [6.45, 7) is 0. The lowest BCUT2D eigenvalue weighted by molar-refractivity contribution is 0.401. The zero-order chi connectivity index (χ0) is 7.56. The van der Waals surface area contributed by atoms with E-state index in [-0.39, 0.29) is 17.2 Å². The molecule has 0 aromatic carbocycles. The van der Waals surface area contributed by atoms with Crippen LogP contribution in [0.2, 0.25) is 0 Å². The summed E-state index contributed by atoms with van der Waals surface area (Å²) in [5.41, 5.74) is -0.0321. The lowest BCUT2D eigenvalue weighted by Gasteiger charge is -1.94. The third-order valence-corrected chi connectivity index (χ3v) is 0.966. The zero-order valence-electron chi connectivity index (χ0n) is 4.90. The predicted octanol–water partition coefficient (Wildman–Crippen LogP) is -0.0494. The number of rotatable bonds is 1. The molecule has 10 heavy (non-hydrogen) atoms. The summed E-state index contributed by atoms with van der Waals surface area (Å²) in [5, 5.41) is 17.5. The average molecular weight is 138 g/mol. The maximum atomic E-state index is 9.89. The average Bonchev–Trinajstić information content (AvgIpc) is 1.95. The topological polar surface area (TPSA) is 70.4 Å². The van der Waals surface area contributed by atoms with Gasteiger partial charge in [0, 0.05) is 6.07 Å². The van der Waals surface area contributed by atoms with Gasteiger partial charge in [-0.2, -0.15) is 0 Å². The molecule has 0 unspecified atom stereocenters. The van der Waals surface area contributed by atoms with Gasteiger partial charge in [-0.25, -0.2) is 4.98 Å². The second-order valence-electron chi connectivity index (χ2n) is 1.66. The first kappa shape index (κ1) is 6.54. The number of nitrogens with zero attached hydrogens (tertiary/aromatic N) is 1. The largest absolute Gasteiger partial charge is 0.504 e. The van der Waals surface area contributed by atoms with Crippen LogP contribution in [0.3, 0.4) is 0 Å². The van der Waals surface area contributed by atoms with Gasteiger partial charge in [0.2, 0.25) is 0 Å². The molecule has 0 aliphatic carbocycles. The van der Waals surface area contributed by atoms with Gasteiger partial charge >= 0.3 is 0 Å². The van der Waals surface area contributed by atoms with Crippen LogP contribution in [-0.2, 0) is 4.79 Å². The zero-order valence-corrected chi connectivity index (χ0v) is 4.90. The second kappa shape index (κ2) is 2.34. The Bertz CT molecular complexity index is 259. The van der Waals surface area contributed by atoms with Gasteiger partial charge < -0.3 is 10.2 Å². The predicted molar refractivity (Wildman–Crippen MR) is 32.4 cm³/mol. The van der Waals surface area contributed by atoms with Crippen molar-refractivity contribution in [3.63, 3.8) is 0 Å². The molecule has 1 aromatic rings. The van der Waals surface area contributed by atoms with E-state index in [2.05, 4.69) is 4.98 Å². The van der Waals surface area contributed by atoms with Crippen molar-refractivity contribution in [1.29, 1.82) is 0 Å². The molecule has 0 amide bonds. The molecule has 51 valence electrons. The van der Waals surface area contributed by atoms with Crippen molar-refractivity contribution >= 4 is 6.29 Å². The molecule has 0 spiro atoms. The third kappa shape index (κ3) is 1.05. The Morgan fingerprint density at radius 1 is 1.40 bits per heavy atom. The molecular formula is C6H4NO3. The van der Waals surface area contributed by atoms with E-state index in [1.165, 1.54) is 6.29 Å². The molecule has 0 aliphatic rings. The molecular weight excluding hydrogens is 134 g/mol. The Balaban J connectivity index is 3.16. The normalized spacial score (nSPS) is 9.20. The minimum absolute atomic E-state index is 0.0321. The minimum Gasteiger partial charge on any atom is -0.504 e. The number of hydrogen-bond donors (Lipinski definition) is 2. The first-order valence-corrected chi connectivity index (χ1v) is 2.50. The van der Waals surface area contributed by atoms with E-state index in [1.807, 2.05) is 0 Å². The lowest BCUT2D eigenvalue weighted by atomic mass is 10.3. The van der Waals surface area contributed by atoms with Crippen LogP contribution in [-0.4, -0.2) is 21.5 Å². The molecule has 0 saturated heterocycles. The van der Waals surface area contributed by atoms with Gasteiger partial charge in [0.25, 0.3) is 6.29 Å². The van der Waals surface area contributed by atoms with E-state index < -0.39 is 0 Å². The maximum Gasteiger partial charge on any atom is 0.253 e. The molecule has 0 fully saturated rings. The molecule has 0 saturated carbocycles. The summed E-state index contributed by atoms with van der Waals surface area (Å²) in [5.74, 6) is -0.715. The van der Waals surface area contributed by atoms with Crippen molar-refractivity contribution in [2.45, 2.75) is 0 Å². The molecule has 1 radical (unpaired) electrons. The van der Waals surface area contributed by atoms with Crippen LogP contribution < -0.4 is 0 Å². The van der Waals surface area contributed by atoms with E-state index in [1.54, 1.807) is 0 Å². The van der Waals surface area contributed by atoms with Crippen LogP contribution in [0, 0.1) is 0 Å². The number of aromatic hydroxyl groups is 2. The van der Waals surface area contributed by atoms with E-state index in [0.29, 0.717) is 0 Å². The standard InChI is InChI=1S/C6H4NO3/c8-3-4-1-5(9)6(10)2-7-4/h1-2,10H,(H,7,9). The molecule has 0 atom stereocenters. The fourth-order valence-corrected chi connectivity index (χ4v) is 0.493. The fraction of sp³-hybridized carbons (Fsp3) is 0. The van der Waals surface area contributed by atoms with E-state index >= 15 is 0 Å². The van der Waals surface area contributed by atoms with Crippen molar-refractivity contribution in [2.24, 2.45) is 0 Å². The first-order valence-electron chi connectivity index (χ1n) is 2.50. The van der Waals surface area contributed by atoms with Gasteiger partial charge in [-0.15, -0.1) is 0 Å². The Kier molecular flexibility index (Phi) is 1.53. The van der Waals surface area contributed by atoms with Crippen molar-refractivity contribution in [3.05, 3.63) is 18.0 Å². The molecule has 2 N–H and O–H groups in total. The SMILES string of the molecule is O=[C]c1cc(O)c(O)cn1. The van der Waals surface area contributed by atoms with Crippen molar-refractivity contribution in [3.8, 4) is 11.5 Å². The Labute approximate surface area is 56.8 Å². The summed E-state index contributed by atoms with van der Waals surface area (Å²) in [6, 6.07) is 1.03. The summed E-state index contributed by atoms with van der Waals surface area (Å²) in [6.07, 6.45) is 2.44. The summed E-state index contributed by atoms with van der Waals surface area (Å²) >= 11 is 0. The molecule has 4 heteroatoms. The van der Waals surface area contributed by atoms with Gasteiger partial charge in [-0.1, -0.05) is 0 Å². The lowest BCUT2D eigenvalue weighted by Crippen LogP contribution is -1.84. The van der Waals surface area contributed by atoms with Crippen LogP contribution in [0.4, 0.5) is 0 Å². The Morgan fingerprint density at radius 2 is 2.10 bits per heavy atom. The highest BCUT2D eigenvalue weighted by Gasteiger charge is 1.99. The molecule has 0 bridgehead atoms. The van der Waals surface area contributed by atoms with Crippen LogP contribution in [0.1, 0.15) is 5.69 Å². The number of pyridine rings is 1. The number of aromatic nitrogens is 1. The number of carbonyl (C=O) groups excluding carboxylic acids is 1. The van der Waals surface area contributed by atoms with Gasteiger partial charge in [0.05, 0.1) is 6.20 Å². The monoisotopic (exact) mass is 138 g/mol. The Morgan fingerprint density at radius 3 is 2.60 bits per heavy atom. The van der Waals surface area contributed by atoms with Gasteiger partial charge in [0.15, 0.2) is 11.5 Å². The summed E-state index contributed by atoms with van der Waals surface area (Å²) in [4.78, 5) is 13.3. The Hall–Kier alpha value is -1.58. The highest BCUT2D eigenvalue weighted by molar-refractivity contribution is 5.73. The molecule has 0 aliphatic heterocycles. The van der Waals surface area contributed by atoms with E-state index in [0.717, 1.165) is 12.3 Å². The van der Waals surface area contributed by atoms with Gasteiger partial charge in [-0.3, -0.25) is 4.79 Å². The molecule has 4 nitrogen and oxygen atoms in total. The summed E-state index contributed by atoms with van der Waals surface area (Å²) < 4.78 is 0. The smallest absolute Gasteiger partial charge is 0.253 e. The highest BCUT2D eigenvalue weighted by Crippen LogP contribution is 2.21. The van der Waals surface area contributed by atoms with Crippen molar-refractivity contribution in [2.75, 3.05) is 0 Å².